The van der Waals surface area contributed by atoms with Crippen molar-refractivity contribution in [1.29, 1.82) is 0 Å². The standard InChI is InChI=1S/C22H20O3S/c1-15(11-22(23)24)5-3-6-16(2)19-13-18-12-17(21-7-4-10-26-21)8-9-20(18)25-14-19/h3-13H,14H2,1-2H3,(H,23,24)/b5-3+,15-11+,16-6-. The number of thiophene rings is 1. The van der Waals surface area contributed by atoms with E-state index in [1.54, 1.807) is 24.3 Å². The Labute approximate surface area is 157 Å². The van der Waals surface area contributed by atoms with Crippen molar-refractivity contribution in [2.45, 2.75) is 13.8 Å². The van der Waals surface area contributed by atoms with Gasteiger partial charge in [0.25, 0.3) is 0 Å². The van der Waals surface area contributed by atoms with Crippen LogP contribution in [0.1, 0.15) is 19.4 Å². The third-order valence-corrected chi connectivity index (χ3v) is 5.01. The van der Waals surface area contributed by atoms with Crippen LogP contribution in [0.2, 0.25) is 0 Å². The Morgan fingerprint density at radius 2 is 2.12 bits per heavy atom. The van der Waals surface area contributed by atoms with E-state index >= 15 is 0 Å². The fourth-order valence-corrected chi connectivity index (χ4v) is 3.42. The van der Waals surface area contributed by atoms with Crippen LogP contribution < -0.4 is 4.74 Å². The fourth-order valence-electron chi connectivity index (χ4n) is 2.70. The zero-order valence-corrected chi connectivity index (χ0v) is 15.5. The predicted molar refractivity (Wildman–Crippen MR) is 108 cm³/mol. The number of carbonyl (C=O) groups is 1. The monoisotopic (exact) mass is 364 g/mol. The molecule has 0 fully saturated rings. The van der Waals surface area contributed by atoms with Crippen LogP contribution in [-0.2, 0) is 4.79 Å². The number of hydrogen-bond acceptors (Lipinski definition) is 3. The molecule has 0 atom stereocenters. The van der Waals surface area contributed by atoms with Crippen molar-refractivity contribution in [1.82, 2.24) is 0 Å². The topological polar surface area (TPSA) is 46.5 Å². The summed E-state index contributed by atoms with van der Waals surface area (Å²) in [6, 6.07) is 10.4. The van der Waals surface area contributed by atoms with Gasteiger partial charge in [-0.05, 0) is 71.9 Å². The van der Waals surface area contributed by atoms with Crippen molar-refractivity contribution < 1.29 is 14.6 Å². The third-order valence-electron chi connectivity index (χ3n) is 4.09. The molecular weight excluding hydrogens is 344 g/mol. The van der Waals surface area contributed by atoms with Gasteiger partial charge in [-0.2, -0.15) is 0 Å². The molecule has 2 aromatic rings. The smallest absolute Gasteiger partial charge is 0.328 e. The van der Waals surface area contributed by atoms with Gasteiger partial charge in [0.05, 0.1) is 0 Å². The van der Waals surface area contributed by atoms with Gasteiger partial charge >= 0.3 is 5.97 Å². The molecule has 0 amide bonds. The van der Waals surface area contributed by atoms with Gasteiger partial charge in [0.2, 0.25) is 0 Å². The quantitative estimate of drug-likeness (QED) is 0.545. The summed E-state index contributed by atoms with van der Waals surface area (Å²) >= 11 is 1.72. The first-order chi connectivity index (χ1) is 12.5. The third kappa shape index (κ3) is 4.41. The lowest BCUT2D eigenvalue weighted by Gasteiger charge is -2.19. The van der Waals surface area contributed by atoms with Crippen molar-refractivity contribution in [3.8, 4) is 16.2 Å². The summed E-state index contributed by atoms with van der Waals surface area (Å²) in [6.45, 7) is 4.33. The normalized spacial score (nSPS) is 14.8. The predicted octanol–water partition coefficient (Wildman–Crippen LogP) is 5.72. The average Bonchev–Trinajstić information content (AvgIpc) is 3.14. The summed E-state index contributed by atoms with van der Waals surface area (Å²) in [5, 5.41) is 10.8. The number of ether oxygens (including phenoxy) is 1. The zero-order valence-electron chi connectivity index (χ0n) is 14.7. The molecule has 132 valence electrons. The lowest BCUT2D eigenvalue weighted by molar-refractivity contribution is -0.131. The Balaban J connectivity index is 1.82. The first-order valence-electron chi connectivity index (χ1n) is 8.31. The number of rotatable bonds is 5. The Morgan fingerprint density at radius 3 is 2.85 bits per heavy atom. The minimum atomic E-state index is -0.936. The Kier molecular flexibility index (Phi) is 5.54. The summed E-state index contributed by atoms with van der Waals surface area (Å²) in [7, 11) is 0. The van der Waals surface area contributed by atoms with Crippen molar-refractivity contribution in [3.05, 3.63) is 82.3 Å². The maximum Gasteiger partial charge on any atom is 0.328 e. The summed E-state index contributed by atoms with van der Waals surface area (Å²) in [6.07, 6.45) is 8.97. The van der Waals surface area contributed by atoms with E-state index in [0.717, 1.165) is 22.5 Å². The van der Waals surface area contributed by atoms with Crippen LogP contribution in [0.4, 0.5) is 0 Å². The highest BCUT2D eigenvalue weighted by molar-refractivity contribution is 7.13. The highest BCUT2D eigenvalue weighted by atomic mass is 32.1. The van der Waals surface area contributed by atoms with E-state index in [1.165, 1.54) is 16.5 Å². The number of fused-ring (bicyclic) bond motifs is 1. The maximum atomic E-state index is 10.6. The van der Waals surface area contributed by atoms with Gasteiger partial charge in [-0.15, -0.1) is 11.3 Å². The molecule has 3 nitrogen and oxygen atoms in total. The first kappa shape index (κ1) is 18.0. The Morgan fingerprint density at radius 1 is 1.27 bits per heavy atom. The Hall–Kier alpha value is -2.85. The van der Waals surface area contributed by atoms with Gasteiger partial charge in [-0.3, -0.25) is 0 Å². The van der Waals surface area contributed by atoms with E-state index in [4.69, 9.17) is 9.84 Å². The number of benzene rings is 1. The minimum Gasteiger partial charge on any atom is -0.488 e. The van der Waals surface area contributed by atoms with Crippen molar-refractivity contribution in [2.75, 3.05) is 6.61 Å². The molecular formula is C22H20O3S. The molecule has 2 heterocycles. The van der Waals surface area contributed by atoms with Crippen LogP contribution in [0.3, 0.4) is 0 Å². The highest BCUT2D eigenvalue weighted by Gasteiger charge is 2.13. The van der Waals surface area contributed by atoms with Crippen molar-refractivity contribution >= 4 is 23.4 Å². The lowest BCUT2D eigenvalue weighted by Crippen LogP contribution is -2.08. The maximum absolute atomic E-state index is 10.6. The largest absolute Gasteiger partial charge is 0.488 e. The van der Waals surface area contributed by atoms with Crippen LogP contribution in [0.25, 0.3) is 16.5 Å². The molecule has 1 aromatic heterocycles. The van der Waals surface area contributed by atoms with Crippen LogP contribution in [0.15, 0.2) is 76.7 Å². The summed E-state index contributed by atoms with van der Waals surface area (Å²) in [4.78, 5) is 11.9. The number of aliphatic carboxylic acids is 1. The van der Waals surface area contributed by atoms with E-state index in [0.29, 0.717) is 12.2 Å². The molecule has 26 heavy (non-hydrogen) atoms. The molecule has 0 spiro atoms. The van der Waals surface area contributed by atoms with Crippen LogP contribution in [0, 0.1) is 0 Å². The highest BCUT2D eigenvalue weighted by Crippen LogP contribution is 2.34. The van der Waals surface area contributed by atoms with Crippen molar-refractivity contribution in [3.63, 3.8) is 0 Å². The number of carboxylic acid groups (broad SMARTS) is 1. The first-order valence-corrected chi connectivity index (χ1v) is 9.19. The molecule has 0 unspecified atom stereocenters. The summed E-state index contributed by atoms with van der Waals surface area (Å²) in [5.74, 6) is -0.0352. The molecule has 0 saturated heterocycles. The number of hydrogen-bond donors (Lipinski definition) is 1. The molecule has 0 aliphatic carbocycles. The summed E-state index contributed by atoms with van der Waals surface area (Å²) < 4.78 is 5.89. The van der Waals surface area contributed by atoms with Gasteiger partial charge in [0.1, 0.15) is 12.4 Å². The fraction of sp³-hybridized carbons (Fsp3) is 0.136. The second kappa shape index (κ2) is 8.02. The van der Waals surface area contributed by atoms with Gasteiger partial charge in [0, 0.05) is 16.5 Å². The molecule has 1 N–H and O–H groups in total. The Bertz CT molecular complexity index is 928. The number of allylic oxidation sites excluding steroid dienone is 4. The van der Waals surface area contributed by atoms with Crippen LogP contribution in [-0.4, -0.2) is 17.7 Å². The van der Waals surface area contributed by atoms with Gasteiger partial charge in [0.15, 0.2) is 0 Å². The molecule has 1 aliphatic rings. The molecule has 0 radical (unpaired) electrons. The molecule has 0 saturated carbocycles. The van der Waals surface area contributed by atoms with Gasteiger partial charge < -0.3 is 9.84 Å². The number of carboxylic acids is 1. The van der Waals surface area contributed by atoms with Crippen LogP contribution >= 0.6 is 11.3 Å². The second-order valence-corrected chi connectivity index (χ2v) is 7.07. The second-order valence-electron chi connectivity index (χ2n) is 6.12. The molecule has 4 heteroatoms. The van der Waals surface area contributed by atoms with E-state index in [2.05, 4.69) is 35.7 Å². The molecule has 3 rings (SSSR count). The van der Waals surface area contributed by atoms with E-state index < -0.39 is 5.97 Å². The lowest BCUT2D eigenvalue weighted by atomic mass is 9.99. The molecule has 1 aromatic carbocycles. The molecule has 1 aliphatic heterocycles. The zero-order chi connectivity index (χ0) is 18.5. The van der Waals surface area contributed by atoms with E-state index in [9.17, 15) is 4.79 Å². The van der Waals surface area contributed by atoms with E-state index in [-0.39, 0.29) is 0 Å². The van der Waals surface area contributed by atoms with Gasteiger partial charge in [-0.25, -0.2) is 4.79 Å². The van der Waals surface area contributed by atoms with Crippen molar-refractivity contribution in [2.24, 2.45) is 0 Å². The minimum absolute atomic E-state index is 0.533. The van der Waals surface area contributed by atoms with Crippen LogP contribution in [0.5, 0.6) is 5.75 Å². The van der Waals surface area contributed by atoms with E-state index in [1.807, 2.05) is 25.1 Å². The van der Waals surface area contributed by atoms with Gasteiger partial charge in [-0.1, -0.05) is 24.3 Å². The SMILES string of the molecule is C/C(=C/C=C/C(C)=C/C(=O)O)C1=Cc2cc(-c3cccs3)ccc2OC1. The average molecular weight is 364 g/mol. The molecule has 0 bridgehead atoms. The summed E-state index contributed by atoms with van der Waals surface area (Å²) in [5.41, 5.74) is 5.18.